The minimum Gasteiger partial charge on any atom is -0.460 e. The summed E-state index contributed by atoms with van der Waals surface area (Å²) in [6.07, 6.45) is 15.4. The maximum Gasteiger partial charge on any atom is 0.214 e. The van der Waals surface area contributed by atoms with Crippen LogP contribution in [0.25, 0.3) is 0 Å². The molecule has 172 valence electrons. The van der Waals surface area contributed by atoms with E-state index in [9.17, 15) is 13.5 Å². The first-order valence-electron chi connectivity index (χ1n) is 10.9. The van der Waals surface area contributed by atoms with Gasteiger partial charge < -0.3 is 19.4 Å². The highest BCUT2D eigenvalue weighted by molar-refractivity contribution is 7.89. The first kappa shape index (κ1) is 28.1. The molecule has 0 radical (unpaired) electrons. The number of ether oxygens (including phenoxy) is 1. The van der Waals surface area contributed by atoms with Crippen LogP contribution in [-0.2, 0) is 20.3 Å². The monoisotopic (exact) mass is 434 g/mol. The number of aliphatic hydroxyl groups is 2. The molecule has 1 atom stereocenters. The van der Waals surface area contributed by atoms with Crippen LogP contribution in [0.2, 0.25) is 0 Å². The molecule has 6 nitrogen and oxygen atoms in total. The van der Waals surface area contributed by atoms with E-state index < -0.39 is 16.1 Å². The third kappa shape index (κ3) is 16.6. The number of hydrogen-bond acceptors (Lipinski definition) is 6. The van der Waals surface area contributed by atoms with Gasteiger partial charge in [-0.1, -0.05) is 77.6 Å². The highest BCUT2D eigenvalue weighted by atomic mass is 32.2. The molecule has 1 rings (SSSR count). The van der Waals surface area contributed by atoms with Gasteiger partial charge in [-0.05, 0) is 18.6 Å². The Morgan fingerprint density at radius 3 is 1.86 bits per heavy atom. The molecule has 0 saturated heterocycles. The predicted octanol–water partition coefficient (Wildman–Crippen LogP) is 5.14. The van der Waals surface area contributed by atoms with Crippen molar-refractivity contribution < 1.29 is 27.8 Å². The summed E-state index contributed by atoms with van der Waals surface area (Å²) in [7, 11) is -2.15. The van der Waals surface area contributed by atoms with E-state index in [1.807, 2.05) is 0 Å². The summed E-state index contributed by atoms with van der Waals surface area (Å²) in [5.74, 6) is 0.409. The Labute approximate surface area is 177 Å². The average Bonchev–Trinajstić information content (AvgIpc) is 3.13. The van der Waals surface area contributed by atoms with Gasteiger partial charge in [0, 0.05) is 13.4 Å². The minimum absolute atomic E-state index is 0.168. The van der Waals surface area contributed by atoms with Crippen molar-refractivity contribution >= 4 is 9.84 Å². The molecule has 1 unspecified atom stereocenters. The van der Waals surface area contributed by atoms with Crippen molar-refractivity contribution in [3.05, 3.63) is 23.7 Å². The summed E-state index contributed by atoms with van der Waals surface area (Å²) in [5.41, 5.74) is 0. The Bertz CT molecular complexity index is 582. The van der Waals surface area contributed by atoms with Gasteiger partial charge in [-0.3, -0.25) is 0 Å². The van der Waals surface area contributed by atoms with Gasteiger partial charge in [0.05, 0.1) is 6.61 Å². The smallest absolute Gasteiger partial charge is 0.214 e. The lowest BCUT2D eigenvalue weighted by Crippen LogP contribution is -2.04. The molecule has 0 fully saturated rings. The molecule has 1 aromatic heterocycles. The molecule has 0 aliphatic rings. The van der Waals surface area contributed by atoms with E-state index in [1.165, 1.54) is 64.2 Å². The summed E-state index contributed by atoms with van der Waals surface area (Å²) in [6, 6.07) is 3.13. The van der Waals surface area contributed by atoms with Crippen LogP contribution in [0.4, 0.5) is 0 Å². The Morgan fingerprint density at radius 2 is 1.38 bits per heavy atom. The second kappa shape index (κ2) is 17.9. The molecule has 1 heterocycles. The van der Waals surface area contributed by atoms with Crippen LogP contribution < -0.4 is 0 Å². The number of hydrogen-bond donors (Lipinski definition) is 2. The fraction of sp³-hybridized carbons (Fsp3) is 0.818. The molecule has 0 aliphatic heterocycles. The quantitative estimate of drug-likeness (QED) is 0.260. The second-order valence-corrected chi connectivity index (χ2v) is 9.63. The van der Waals surface area contributed by atoms with Crippen LogP contribution in [-0.4, -0.2) is 38.6 Å². The van der Waals surface area contributed by atoms with E-state index in [2.05, 4.69) is 6.92 Å². The minimum atomic E-state index is -3.15. The van der Waals surface area contributed by atoms with Gasteiger partial charge in [-0.25, -0.2) is 8.42 Å². The van der Waals surface area contributed by atoms with Gasteiger partial charge >= 0.3 is 0 Å². The SMILES string of the molecule is CCCCCCCCCCCCCCOC(O)c1ccc(CS(C)(=O)=O)o1.CO. The molecule has 0 spiro atoms. The fourth-order valence-corrected chi connectivity index (χ4v) is 3.76. The van der Waals surface area contributed by atoms with Crippen molar-refractivity contribution in [2.45, 2.75) is 96.0 Å². The van der Waals surface area contributed by atoms with Gasteiger partial charge in [0.15, 0.2) is 15.6 Å². The first-order chi connectivity index (χ1) is 13.9. The molecular weight excluding hydrogens is 392 g/mol. The van der Waals surface area contributed by atoms with Crippen molar-refractivity contribution in [1.29, 1.82) is 0 Å². The average molecular weight is 435 g/mol. The second-order valence-electron chi connectivity index (χ2n) is 7.49. The number of unbranched alkanes of at least 4 members (excludes halogenated alkanes) is 11. The third-order valence-electron chi connectivity index (χ3n) is 4.60. The molecule has 0 amide bonds. The zero-order valence-electron chi connectivity index (χ0n) is 18.6. The van der Waals surface area contributed by atoms with Crippen LogP contribution in [0.1, 0.15) is 102 Å². The van der Waals surface area contributed by atoms with Gasteiger partial charge in [0.1, 0.15) is 11.5 Å². The van der Waals surface area contributed by atoms with E-state index >= 15 is 0 Å². The van der Waals surface area contributed by atoms with Crippen LogP contribution >= 0.6 is 0 Å². The predicted molar refractivity (Wildman–Crippen MR) is 117 cm³/mol. The normalized spacial score (nSPS) is 12.4. The van der Waals surface area contributed by atoms with Gasteiger partial charge in [-0.2, -0.15) is 0 Å². The Morgan fingerprint density at radius 1 is 0.897 bits per heavy atom. The van der Waals surface area contributed by atoms with E-state index in [-0.39, 0.29) is 11.5 Å². The molecule has 29 heavy (non-hydrogen) atoms. The lowest BCUT2D eigenvalue weighted by molar-refractivity contribution is -0.116. The lowest BCUT2D eigenvalue weighted by atomic mass is 10.1. The third-order valence-corrected chi connectivity index (χ3v) is 5.41. The molecule has 0 aliphatic carbocycles. The molecule has 0 bridgehead atoms. The number of rotatable bonds is 17. The zero-order valence-corrected chi connectivity index (χ0v) is 19.4. The van der Waals surface area contributed by atoms with Crippen LogP contribution in [0.3, 0.4) is 0 Å². The van der Waals surface area contributed by atoms with Crippen molar-refractivity contribution in [2.75, 3.05) is 20.0 Å². The zero-order chi connectivity index (χ0) is 22.0. The van der Waals surface area contributed by atoms with Gasteiger partial charge in [-0.15, -0.1) is 0 Å². The fourth-order valence-electron chi connectivity index (χ4n) is 3.08. The maximum absolute atomic E-state index is 11.2. The lowest BCUT2D eigenvalue weighted by Gasteiger charge is -2.09. The van der Waals surface area contributed by atoms with Crippen LogP contribution in [0.15, 0.2) is 16.5 Å². The Balaban J connectivity index is 0.00000379. The first-order valence-corrected chi connectivity index (χ1v) is 13.0. The van der Waals surface area contributed by atoms with E-state index in [4.69, 9.17) is 14.3 Å². The van der Waals surface area contributed by atoms with Crippen molar-refractivity contribution in [3.8, 4) is 0 Å². The molecule has 0 saturated carbocycles. The van der Waals surface area contributed by atoms with E-state index in [0.29, 0.717) is 12.4 Å². The Hall–Kier alpha value is -0.890. The van der Waals surface area contributed by atoms with E-state index in [1.54, 1.807) is 12.1 Å². The van der Waals surface area contributed by atoms with Crippen molar-refractivity contribution in [3.63, 3.8) is 0 Å². The number of aliphatic hydroxyl groups excluding tert-OH is 2. The van der Waals surface area contributed by atoms with Crippen LogP contribution in [0, 0.1) is 0 Å². The van der Waals surface area contributed by atoms with E-state index in [0.717, 1.165) is 26.2 Å². The highest BCUT2D eigenvalue weighted by Crippen LogP contribution is 2.20. The maximum atomic E-state index is 11.2. The number of furan rings is 1. The summed E-state index contributed by atoms with van der Waals surface area (Å²) in [6.45, 7) is 2.72. The summed E-state index contributed by atoms with van der Waals surface area (Å²) >= 11 is 0. The highest BCUT2D eigenvalue weighted by Gasteiger charge is 2.15. The molecule has 7 heteroatoms. The summed E-state index contributed by atoms with van der Waals surface area (Å²) in [5, 5.41) is 16.9. The molecular formula is C22H42O6S. The summed E-state index contributed by atoms with van der Waals surface area (Å²) < 4.78 is 33.2. The van der Waals surface area contributed by atoms with Gasteiger partial charge in [0.2, 0.25) is 6.29 Å². The standard InChI is InChI=1S/C21H38O5S.CH4O/c1-3-4-5-6-7-8-9-10-11-12-13-14-17-25-21(22)20-16-15-19(26-20)18-27(2,23)24;1-2/h15-16,21-22H,3-14,17-18H2,1-2H3;2H,1H3. The van der Waals surface area contributed by atoms with Crippen molar-refractivity contribution in [1.82, 2.24) is 0 Å². The molecule has 0 aromatic carbocycles. The van der Waals surface area contributed by atoms with Crippen LogP contribution in [0.5, 0.6) is 0 Å². The Kier molecular flexibility index (Phi) is 17.4. The molecule has 2 N–H and O–H groups in total. The largest absolute Gasteiger partial charge is 0.460 e. The van der Waals surface area contributed by atoms with Crippen molar-refractivity contribution in [2.24, 2.45) is 0 Å². The topological polar surface area (TPSA) is 97.0 Å². The number of sulfone groups is 1. The van der Waals surface area contributed by atoms with Gasteiger partial charge in [0.25, 0.3) is 0 Å². The molecule has 1 aromatic rings. The summed E-state index contributed by atoms with van der Waals surface area (Å²) in [4.78, 5) is 0.